The Morgan fingerprint density at radius 1 is 1.00 bits per heavy atom. The third-order valence-corrected chi connectivity index (χ3v) is 11.5. The molecule has 1 unspecified atom stereocenters. The van der Waals surface area contributed by atoms with Gasteiger partial charge in [-0.05, 0) is 82.1 Å². The molecular formula is C36H41FN6O5S. The van der Waals surface area contributed by atoms with E-state index in [0.29, 0.717) is 29.5 Å². The van der Waals surface area contributed by atoms with E-state index >= 15 is 0 Å². The average Bonchev–Trinajstić information content (AvgIpc) is 3.36. The van der Waals surface area contributed by atoms with Crippen LogP contribution in [0.4, 0.5) is 14.9 Å². The van der Waals surface area contributed by atoms with Gasteiger partial charge in [-0.2, -0.15) is 9.57 Å². The molecule has 3 aromatic carbocycles. The van der Waals surface area contributed by atoms with Crippen LogP contribution >= 0.6 is 0 Å². The molecule has 1 atom stereocenters. The van der Waals surface area contributed by atoms with Crippen LogP contribution in [0.25, 0.3) is 0 Å². The maximum absolute atomic E-state index is 15.0. The molecule has 2 fully saturated rings. The topological polar surface area (TPSA) is 126 Å². The van der Waals surface area contributed by atoms with Crippen LogP contribution < -0.4 is 14.4 Å². The smallest absolute Gasteiger partial charge is 0.318 e. The summed E-state index contributed by atoms with van der Waals surface area (Å²) in [5.74, 6) is -1.34. The standard InChI is InChI=1S/C36H41FN6O5S/c1-4-48-33-8-6-5-7-30(33)36(39-35(45)42-17-15-28(16-18-42)41-21-19-40(20-22-41)25(2)3)31-23-26(24-38)9-14-32(31)43(34(36)44)49(46,47)29-12-10-27(37)11-13-29/h5-14,23,25,28H,4,15-22H2,1-3H3,(H,39,45). The van der Waals surface area contributed by atoms with E-state index in [0.717, 1.165) is 63.3 Å². The molecule has 3 amide bonds. The molecule has 3 aliphatic rings. The van der Waals surface area contributed by atoms with Crippen molar-refractivity contribution in [3.05, 3.63) is 89.2 Å². The first-order valence-electron chi connectivity index (χ1n) is 16.7. The first-order valence-corrected chi connectivity index (χ1v) is 18.1. The number of carbonyl (C=O) groups is 2. The van der Waals surface area contributed by atoms with E-state index in [1.165, 1.54) is 18.2 Å². The number of nitriles is 1. The number of hydrogen-bond acceptors (Lipinski definition) is 8. The fourth-order valence-corrected chi connectivity index (χ4v) is 8.67. The van der Waals surface area contributed by atoms with Crippen LogP contribution in [0.15, 0.2) is 71.6 Å². The highest BCUT2D eigenvalue weighted by atomic mass is 32.2. The summed E-state index contributed by atoms with van der Waals surface area (Å²) < 4.78 is 48.8. The number of sulfonamides is 1. The number of benzene rings is 3. The molecule has 49 heavy (non-hydrogen) atoms. The second kappa shape index (κ2) is 13.8. The molecule has 3 aliphatic heterocycles. The normalized spacial score (nSPS) is 20.7. The Morgan fingerprint density at radius 2 is 1.67 bits per heavy atom. The van der Waals surface area contributed by atoms with E-state index < -0.39 is 33.3 Å². The molecule has 3 heterocycles. The lowest BCUT2D eigenvalue weighted by Gasteiger charge is -2.44. The minimum Gasteiger partial charge on any atom is -0.493 e. The second-order valence-corrected chi connectivity index (χ2v) is 14.7. The Hall–Kier alpha value is -4.51. The van der Waals surface area contributed by atoms with Crippen LogP contribution in [0, 0.1) is 17.1 Å². The van der Waals surface area contributed by atoms with Crippen LogP contribution in [-0.2, 0) is 20.4 Å². The summed E-state index contributed by atoms with van der Waals surface area (Å²) in [7, 11) is -4.61. The van der Waals surface area contributed by atoms with Crippen molar-refractivity contribution in [3.8, 4) is 11.8 Å². The van der Waals surface area contributed by atoms with Crippen LogP contribution in [0.2, 0.25) is 0 Å². The summed E-state index contributed by atoms with van der Waals surface area (Å²) in [5.41, 5.74) is -1.61. The van der Waals surface area contributed by atoms with Crippen LogP contribution in [0.3, 0.4) is 0 Å². The summed E-state index contributed by atoms with van der Waals surface area (Å²) in [5, 5.41) is 12.8. The number of halogens is 1. The van der Waals surface area contributed by atoms with E-state index in [9.17, 15) is 27.7 Å². The summed E-state index contributed by atoms with van der Waals surface area (Å²) >= 11 is 0. The van der Waals surface area contributed by atoms with Crippen molar-refractivity contribution in [3.63, 3.8) is 0 Å². The number of carbonyl (C=O) groups excluding carboxylic acids is 2. The van der Waals surface area contributed by atoms with Crippen molar-refractivity contribution in [1.82, 2.24) is 20.0 Å². The maximum Gasteiger partial charge on any atom is 0.318 e. The summed E-state index contributed by atoms with van der Waals surface area (Å²) in [6.45, 7) is 11.3. The Balaban J connectivity index is 1.38. The molecule has 2 saturated heterocycles. The van der Waals surface area contributed by atoms with Crippen molar-refractivity contribution < 1.29 is 27.1 Å². The van der Waals surface area contributed by atoms with Gasteiger partial charge in [0.05, 0.1) is 28.8 Å². The molecule has 1 N–H and O–H groups in total. The monoisotopic (exact) mass is 688 g/mol. The fourth-order valence-electron chi connectivity index (χ4n) is 7.21. The molecule has 6 rings (SSSR count). The van der Waals surface area contributed by atoms with Gasteiger partial charge in [-0.25, -0.2) is 17.6 Å². The van der Waals surface area contributed by atoms with Gasteiger partial charge in [-0.15, -0.1) is 0 Å². The van der Waals surface area contributed by atoms with Gasteiger partial charge in [0, 0.05) is 62.5 Å². The highest BCUT2D eigenvalue weighted by Crippen LogP contribution is 2.49. The minimum absolute atomic E-state index is 0.0285. The van der Waals surface area contributed by atoms with E-state index in [2.05, 4.69) is 35.0 Å². The molecule has 0 radical (unpaired) electrons. The Labute approximate surface area is 286 Å². The number of likely N-dealkylation sites (tertiary alicyclic amines) is 1. The predicted octanol–water partition coefficient (Wildman–Crippen LogP) is 4.28. The number of amides is 3. The molecule has 258 valence electrons. The number of anilines is 1. The van der Waals surface area contributed by atoms with Gasteiger partial charge in [0.2, 0.25) is 0 Å². The number of piperidine rings is 1. The number of piperazine rings is 1. The van der Waals surface area contributed by atoms with Crippen LogP contribution in [0.1, 0.15) is 50.3 Å². The number of rotatable bonds is 8. The minimum atomic E-state index is -4.61. The maximum atomic E-state index is 15.0. The van der Waals surface area contributed by atoms with Gasteiger partial charge in [0.25, 0.3) is 15.9 Å². The lowest BCUT2D eigenvalue weighted by molar-refractivity contribution is -0.121. The largest absolute Gasteiger partial charge is 0.493 e. The molecule has 0 saturated carbocycles. The first kappa shape index (κ1) is 34.4. The number of nitrogens with one attached hydrogen (secondary N) is 1. The van der Waals surface area contributed by atoms with E-state index in [-0.39, 0.29) is 39.6 Å². The predicted molar refractivity (Wildman–Crippen MR) is 182 cm³/mol. The van der Waals surface area contributed by atoms with E-state index in [1.807, 2.05) is 0 Å². The molecule has 0 spiro atoms. The van der Waals surface area contributed by atoms with Gasteiger partial charge >= 0.3 is 6.03 Å². The molecule has 3 aromatic rings. The number of nitrogens with zero attached hydrogens (tertiary/aromatic N) is 5. The van der Waals surface area contributed by atoms with Gasteiger partial charge in [0.1, 0.15) is 11.6 Å². The summed E-state index contributed by atoms with van der Waals surface area (Å²) in [6, 6.07) is 17.4. The number of hydrogen-bond donors (Lipinski definition) is 1. The van der Waals surface area contributed by atoms with E-state index in [4.69, 9.17) is 4.74 Å². The lowest BCUT2D eigenvalue weighted by atomic mass is 9.82. The quantitative estimate of drug-likeness (QED) is 0.372. The summed E-state index contributed by atoms with van der Waals surface area (Å²) in [4.78, 5) is 35.6. The van der Waals surface area contributed by atoms with Gasteiger partial charge in [-0.1, -0.05) is 18.2 Å². The molecule has 0 aromatic heterocycles. The van der Waals surface area contributed by atoms with Crippen LogP contribution in [0.5, 0.6) is 5.75 Å². The zero-order valence-corrected chi connectivity index (χ0v) is 28.7. The number of para-hydroxylation sites is 1. The van der Waals surface area contributed by atoms with Crippen molar-refractivity contribution in [2.45, 2.75) is 56.1 Å². The van der Waals surface area contributed by atoms with Crippen molar-refractivity contribution in [1.29, 1.82) is 5.26 Å². The highest BCUT2D eigenvalue weighted by Gasteiger charge is 2.58. The highest BCUT2D eigenvalue weighted by molar-refractivity contribution is 7.93. The van der Waals surface area contributed by atoms with Crippen molar-refractivity contribution >= 4 is 27.6 Å². The summed E-state index contributed by atoms with van der Waals surface area (Å²) in [6.07, 6.45) is 1.51. The van der Waals surface area contributed by atoms with Crippen LogP contribution in [-0.4, -0.2) is 93.0 Å². The third-order valence-electron chi connectivity index (χ3n) is 9.84. The van der Waals surface area contributed by atoms with Gasteiger partial charge < -0.3 is 15.0 Å². The molecule has 11 nitrogen and oxygen atoms in total. The zero-order valence-electron chi connectivity index (χ0n) is 27.9. The second-order valence-electron chi connectivity index (χ2n) is 12.9. The Morgan fingerprint density at radius 3 is 2.31 bits per heavy atom. The van der Waals surface area contributed by atoms with E-state index in [1.54, 1.807) is 36.1 Å². The Bertz CT molecular complexity index is 1870. The Kier molecular flexibility index (Phi) is 9.66. The van der Waals surface area contributed by atoms with Crippen molar-refractivity contribution in [2.24, 2.45) is 0 Å². The zero-order chi connectivity index (χ0) is 34.9. The molecule has 0 bridgehead atoms. The number of fused-ring (bicyclic) bond motifs is 1. The number of ether oxygens (including phenoxy) is 1. The van der Waals surface area contributed by atoms with Crippen molar-refractivity contribution in [2.75, 3.05) is 50.2 Å². The number of urea groups is 1. The molecular weight excluding hydrogens is 647 g/mol. The van der Waals surface area contributed by atoms with Gasteiger partial charge in [0.15, 0.2) is 5.54 Å². The molecule has 13 heteroatoms. The lowest BCUT2D eigenvalue weighted by Crippen LogP contribution is -2.60. The van der Waals surface area contributed by atoms with Gasteiger partial charge in [-0.3, -0.25) is 14.6 Å². The average molecular weight is 689 g/mol. The fraction of sp³-hybridized carbons (Fsp3) is 0.417. The SMILES string of the molecule is CCOc1ccccc1C1(NC(=O)N2CCC(N3CCN(C(C)C)CC3)CC2)C(=O)N(S(=O)(=O)c2ccc(F)cc2)c2ccc(C#N)cc21. The molecule has 0 aliphatic carbocycles. The first-order chi connectivity index (χ1) is 23.5. The third kappa shape index (κ3) is 6.24.